The second-order valence-corrected chi connectivity index (χ2v) is 11.9. The summed E-state index contributed by atoms with van der Waals surface area (Å²) in [5.41, 5.74) is 5.24. The fourth-order valence-electron chi connectivity index (χ4n) is 5.07. The molecule has 1 aliphatic rings. The number of benzene rings is 2. The predicted octanol–water partition coefficient (Wildman–Crippen LogP) is 6.51. The van der Waals surface area contributed by atoms with Gasteiger partial charge < -0.3 is 14.7 Å². The van der Waals surface area contributed by atoms with E-state index >= 15 is 0 Å². The van der Waals surface area contributed by atoms with Gasteiger partial charge in [-0.25, -0.2) is 9.48 Å². The number of likely N-dealkylation sites (tertiary alicyclic amines) is 1. The van der Waals surface area contributed by atoms with E-state index in [1.807, 2.05) is 54.3 Å². The molecule has 0 bridgehead atoms. The molecule has 2 aromatic heterocycles. The highest BCUT2D eigenvalue weighted by Gasteiger charge is 2.26. The Kier molecular flexibility index (Phi) is 7.97. The Morgan fingerprint density at radius 3 is 2.27 bits per heavy atom. The largest absolute Gasteiger partial charge is 0.361 e. The Morgan fingerprint density at radius 1 is 0.976 bits per heavy atom. The molecule has 1 aliphatic heterocycles. The van der Waals surface area contributed by atoms with Crippen LogP contribution in [0, 0.1) is 19.8 Å². The summed E-state index contributed by atoms with van der Waals surface area (Å²) in [5.74, 6) is 1.67. The Balaban J connectivity index is 1.17. The number of carbonyl (C=O) groups excluding carboxylic acids is 2. The molecule has 9 nitrogen and oxygen atoms in total. The van der Waals surface area contributed by atoms with Crippen LogP contribution in [-0.2, 0) is 11.8 Å². The van der Waals surface area contributed by atoms with Gasteiger partial charge in [0.15, 0.2) is 0 Å². The molecule has 4 aromatic rings. The molecule has 5 rings (SSSR count). The number of piperidine rings is 1. The molecule has 9 heteroatoms. The van der Waals surface area contributed by atoms with Gasteiger partial charge in [0, 0.05) is 30.3 Å². The molecule has 2 N–H and O–H groups in total. The van der Waals surface area contributed by atoms with Gasteiger partial charge in [0.1, 0.15) is 17.1 Å². The zero-order chi connectivity index (χ0) is 29.1. The highest BCUT2D eigenvalue weighted by molar-refractivity contribution is 5.99. The molecule has 3 amide bonds. The Bertz CT molecular complexity index is 1500. The second kappa shape index (κ2) is 11.6. The van der Waals surface area contributed by atoms with Crippen molar-refractivity contribution in [2.75, 3.05) is 23.7 Å². The molecule has 2 aromatic carbocycles. The van der Waals surface area contributed by atoms with Crippen LogP contribution >= 0.6 is 0 Å². The lowest BCUT2D eigenvalue weighted by Gasteiger charge is -2.32. The van der Waals surface area contributed by atoms with Crippen molar-refractivity contribution in [2.45, 2.75) is 59.3 Å². The fraction of sp³-hybridized carbons (Fsp3) is 0.375. The second-order valence-electron chi connectivity index (χ2n) is 11.9. The van der Waals surface area contributed by atoms with Crippen molar-refractivity contribution in [2.24, 2.45) is 5.92 Å². The first kappa shape index (κ1) is 28.1. The van der Waals surface area contributed by atoms with E-state index in [0.29, 0.717) is 28.7 Å². The molecule has 1 fully saturated rings. The van der Waals surface area contributed by atoms with Crippen molar-refractivity contribution in [1.29, 1.82) is 0 Å². The molecule has 3 heterocycles. The number of amides is 3. The van der Waals surface area contributed by atoms with Crippen molar-refractivity contribution in [3.05, 3.63) is 88.9 Å². The van der Waals surface area contributed by atoms with Gasteiger partial charge in [-0.2, -0.15) is 5.10 Å². The van der Waals surface area contributed by atoms with E-state index in [9.17, 15) is 9.59 Å². The Hall–Kier alpha value is -4.40. The lowest BCUT2D eigenvalue weighted by molar-refractivity contribution is 0.0688. The van der Waals surface area contributed by atoms with Crippen LogP contribution in [0.5, 0.6) is 0 Å². The van der Waals surface area contributed by atoms with Gasteiger partial charge in [-0.15, -0.1) is 0 Å². The van der Waals surface area contributed by atoms with E-state index in [2.05, 4.69) is 48.7 Å². The summed E-state index contributed by atoms with van der Waals surface area (Å²) < 4.78 is 6.82. The SMILES string of the molecule is Cc1ccc(-n2nc(C(C)(C)C)cc2NC(=O)Nc2ccc(CC3CCN(C(=O)c4cnoc4C)CC3)cc2)cc1. The van der Waals surface area contributed by atoms with E-state index in [4.69, 9.17) is 9.62 Å². The molecular formula is C32H38N6O3. The minimum Gasteiger partial charge on any atom is -0.361 e. The normalized spacial score (nSPS) is 14.2. The zero-order valence-electron chi connectivity index (χ0n) is 24.4. The summed E-state index contributed by atoms with van der Waals surface area (Å²) >= 11 is 0. The summed E-state index contributed by atoms with van der Waals surface area (Å²) in [6, 6.07) is 17.6. The van der Waals surface area contributed by atoms with Gasteiger partial charge in [0.05, 0.1) is 17.6 Å². The molecular weight excluding hydrogens is 516 g/mol. The molecule has 41 heavy (non-hydrogen) atoms. The number of hydrogen-bond acceptors (Lipinski definition) is 5. The van der Waals surface area contributed by atoms with Gasteiger partial charge >= 0.3 is 6.03 Å². The average Bonchev–Trinajstić information content (AvgIpc) is 3.56. The quantitative estimate of drug-likeness (QED) is 0.283. The Morgan fingerprint density at radius 2 is 1.66 bits per heavy atom. The fourth-order valence-corrected chi connectivity index (χ4v) is 5.07. The molecule has 0 radical (unpaired) electrons. The number of urea groups is 1. The van der Waals surface area contributed by atoms with Crippen molar-refractivity contribution in [3.8, 4) is 5.69 Å². The third kappa shape index (κ3) is 6.67. The zero-order valence-corrected chi connectivity index (χ0v) is 24.4. The standard InChI is InChI=1S/C32H38N6O3/c1-21-6-12-26(13-7-21)38-29(19-28(36-38)32(3,4)5)35-31(40)34-25-10-8-23(9-11-25)18-24-14-16-37(17-15-24)30(39)27-20-33-41-22(27)2/h6-13,19-20,24H,14-18H2,1-5H3,(H2,34,35,40). The van der Waals surface area contributed by atoms with Crippen LogP contribution in [-0.4, -0.2) is 44.9 Å². The predicted molar refractivity (Wildman–Crippen MR) is 160 cm³/mol. The number of anilines is 2. The summed E-state index contributed by atoms with van der Waals surface area (Å²) in [4.78, 5) is 27.6. The molecule has 0 saturated carbocycles. The summed E-state index contributed by atoms with van der Waals surface area (Å²) in [7, 11) is 0. The summed E-state index contributed by atoms with van der Waals surface area (Å²) in [5, 5.41) is 14.4. The van der Waals surface area contributed by atoms with Crippen LogP contribution < -0.4 is 10.6 Å². The maximum atomic E-state index is 13.0. The highest BCUT2D eigenvalue weighted by atomic mass is 16.5. The first-order chi connectivity index (χ1) is 19.6. The molecule has 0 atom stereocenters. The summed E-state index contributed by atoms with van der Waals surface area (Å²) in [6.45, 7) is 11.6. The number of hydrogen-bond donors (Lipinski definition) is 2. The van der Waals surface area contributed by atoms with E-state index in [-0.39, 0.29) is 17.4 Å². The van der Waals surface area contributed by atoms with Gasteiger partial charge in [-0.05, 0) is 68.9 Å². The number of aromatic nitrogens is 3. The lowest BCUT2D eigenvalue weighted by atomic mass is 9.90. The van der Waals surface area contributed by atoms with Crippen LogP contribution in [0.4, 0.5) is 16.3 Å². The van der Waals surface area contributed by atoms with E-state index in [1.165, 1.54) is 11.8 Å². The first-order valence-corrected chi connectivity index (χ1v) is 14.1. The number of aryl methyl sites for hydroxylation is 2. The van der Waals surface area contributed by atoms with Gasteiger partial charge in [0.2, 0.25) is 0 Å². The van der Waals surface area contributed by atoms with Crippen molar-refractivity contribution in [3.63, 3.8) is 0 Å². The molecule has 0 spiro atoms. The number of rotatable bonds is 6. The van der Waals surface area contributed by atoms with Gasteiger partial charge in [-0.3, -0.25) is 10.1 Å². The van der Waals surface area contributed by atoms with Crippen LogP contribution in [0.25, 0.3) is 5.69 Å². The lowest BCUT2D eigenvalue weighted by Crippen LogP contribution is -2.39. The maximum absolute atomic E-state index is 13.0. The Labute approximate surface area is 240 Å². The van der Waals surface area contributed by atoms with Crippen LogP contribution in [0.3, 0.4) is 0 Å². The maximum Gasteiger partial charge on any atom is 0.324 e. The average molecular weight is 555 g/mol. The number of carbonyl (C=O) groups is 2. The minimum atomic E-state index is -0.327. The summed E-state index contributed by atoms with van der Waals surface area (Å²) in [6.07, 6.45) is 4.33. The monoisotopic (exact) mass is 554 g/mol. The van der Waals surface area contributed by atoms with Crippen molar-refractivity contribution < 1.29 is 14.1 Å². The smallest absolute Gasteiger partial charge is 0.324 e. The molecule has 0 unspecified atom stereocenters. The minimum absolute atomic E-state index is 0.00699. The van der Waals surface area contributed by atoms with E-state index in [1.54, 1.807) is 11.6 Å². The molecule has 214 valence electrons. The third-order valence-corrected chi connectivity index (χ3v) is 7.62. The van der Waals surface area contributed by atoms with E-state index < -0.39 is 0 Å². The van der Waals surface area contributed by atoms with E-state index in [0.717, 1.165) is 49.3 Å². The number of nitrogens with zero attached hydrogens (tertiary/aromatic N) is 4. The van der Waals surface area contributed by atoms with Gasteiger partial charge in [-0.1, -0.05) is 55.8 Å². The highest BCUT2D eigenvalue weighted by Crippen LogP contribution is 2.27. The third-order valence-electron chi connectivity index (χ3n) is 7.62. The molecule has 0 aliphatic carbocycles. The number of nitrogens with one attached hydrogen (secondary N) is 2. The van der Waals surface area contributed by atoms with Crippen LogP contribution in [0.15, 0.2) is 65.3 Å². The van der Waals surface area contributed by atoms with Gasteiger partial charge in [0.25, 0.3) is 5.91 Å². The topological polar surface area (TPSA) is 105 Å². The first-order valence-electron chi connectivity index (χ1n) is 14.1. The van der Waals surface area contributed by atoms with Crippen LogP contribution in [0.1, 0.15) is 66.6 Å². The van der Waals surface area contributed by atoms with Crippen molar-refractivity contribution in [1.82, 2.24) is 19.8 Å². The molecule has 1 saturated heterocycles. The van der Waals surface area contributed by atoms with Crippen LogP contribution in [0.2, 0.25) is 0 Å². The van der Waals surface area contributed by atoms with Crippen molar-refractivity contribution >= 4 is 23.4 Å².